The van der Waals surface area contributed by atoms with Crippen molar-refractivity contribution in [2.75, 3.05) is 43.0 Å². The second kappa shape index (κ2) is 6.18. The van der Waals surface area contributed by atoms with E-state index in [1.165, 1.54) is 0 Å². The van der Waals surface area contributed by atoms with Crippen LogP contribution in [0, 0.1) is 12.3 Å². The molecule has 21 heavy (non-hydrogen) atoms. The zero-order chi connectivity index (χ0) is 15.4. The number of amides is 2. The van der Waals surface area contributed by atoms with Gasteiger partial charge in [-0.1, -0.05) is 18.1 Å². The number of carbonyl (C=O) groups excluding carboxylic acids is 1. The van der Waals surface area contributed by atoms with E-state index in [2.05, 4.69) is 10.8 Å². The quantitative estimate of drug-likeness (QED) is 0.845. The van der Waals surface area contributed by atoms with Crippen molar-refractivity contribution >= 4 is 23.4 Å². The molecule has 1 N–H and O–H groups in total. The second-order valence-electron chi connectivity index (χ2n) is 4.80. The van der Waals surface area contributed by atoms with Crippen molar-refractivity contribution in [1.82, 2.24) is 4.90 Å². The number of anilines is 2. The van der Waals surface area contributed by atoms with E-state index < -0.39 is 12.5 Å². The number of hydrogen-bond acceptors (Lipinski definition) is 3. The van der Waals surface area contributed by atoms with Gasteiger partial charge < -0.3 is 14.9 Å². The van der Waals surface area contributed by atoms with Crippen molar-refractivity contribution in [2.24, 2.45) is 0 Å². The molecule has 0 unspecified atom stereocenters. The number of para-hydroxylation sites is 2. The summed E-state index contributed by atoms with van der Waals surface area (Å²) in [5.74, 6) is 1.25. The lowest BCUT2D eigenvalue weighted by atomic mass is 10.2. The molecule has 1 aliphatic rings. The van der Waals surface area contributed by atoms with Gasteiger partial charge in [0, 0.05) is 20.1 Å². The number of rotatable bonds is 3. The SMILES string of the molecule is C#CCN(CC(=O)O)C(=O)N1CCN(C)c2ccccc21. The number of carboxylic acids is 1. The van der Waals surface area contributed by atoms with Crippen molar-refractivity contribution in [3.8, 4) is 12.3 Å². The van der Waals surface area contributed by atoms with Crippen LogP contribution in [-0.4, -0.2) is 55.2 Å². The van der Waals surface area contributed by atoms with Crippen LogP contribution in [0.5, 0.6) is 0 Å². The maximum Gasteiger partial charge on any atom is 0.325 e. The largest absolute Gasteiger partial charge is 0.480 e. The van der Waals surface area contributed by atoms with Gasteiger partial charge >= 0.3 is 12.0 Å². The lowest BCUT2D eigenvalue weighted by Gasteiger charge is -2.37. The van der Waals surface area contributed by atoms with Crippen LogP contribution >= 0.6 is 0 Å². The van der Waals surface area contributed by atoms with Crippen LogP contribution in [0.3, 0.4) is 0 Å². The number of fused-ring (bicyclic) bond motifs is 1. The molecule has 1 heterocycles. The zero-order valence-electron chi connectivity index (χ0n) is 11.8. The summed E-state index contributed by atoms with van der Waals surface area (Å²) in [6.45, 7) is 0.740. The molecule has 0 aromatic heterocycles. The zero-order valence-corrected chi connectivity index (χ0v) is 11.8. The molecule has 0 atom stereocenters. The summed E-state index contributed by atoms with van der Waals surface area (Å²) < 4.78 is 0. The molecule has 0 saturated heterocycles. The standard InChI is InChI=1S/C15H17N3O3/c1-3-8-17(11-14(19)20)15(21)18-10-9-16(2)12-6-4-5-7-13(12)18/h1,4-7H,8-11H2,2H3,(H,19,20). The normalized spacial score (nSPS) is 13.3. The van der Waals surface area contributed by atoms with Crippen molar-refractivity contribution in [3.63, 3.8) is 0 Å². The van der Waals surface area contributed by atoms with Crippen molar-refractivity contribution in [2.45, 2.75) is 0 Å². The fraction of sp³-hybridized carbons (Fsp3) is 0.333. The average Bonchev–Trinajstić information content (AvgIpc) is 2.46. The number of likely N-dealkylation sites (N-methyl/N-ethyl adjacent to an activating group) is 1. The highest BCUT2D eigenvalue weighted by Gasteiger charge is 2.28. The highest BCUT2D eigenvalue weighted by Crippen LogP contribution is 2.32. The fourth-order valence-electron chi connectivity index (χ4n) is 2.34. The number of aliphatic carboxylic acids is 1. The Morgan fingerprint density at radius 2 is 2.00 bits per heavy atom. The van der Waals surface area contributed by atoms with Crippen LogP contribution in [0.25, 0.3) is 0 Å². The van der Waals surface area contributed by atoms with E-state index in [4.69, 9.17) is 11.5 Å². The molecule has 0 spiro atoms. The maximum absolute atomic E-state index is 12.6. The third-order valence-electron chi connectivity index (χ3n) is 3.35. The van der Waals surface area contributed by atoms with Gasteiger partial charge in [0.1, 0.15) is 6.54 Å². The summed E-state index contributed by atoms with van der Waals surface area (Å²) >= 11 is 0. The molecular weight excluding hydrogens is 270 g/mol. The number of carbonyl (C=O) groups is 2. The third-order valence-corrected chi connectivity index (χ3v) is 3.35. The van der Waals surface area contributed by atoms with E-state index in [1.807, 2.05) is 31.3 Å². The van der Waals surface area contributed by atoms with Crippen molar-refractivity contribution < 1.29 is 14.7 Å². The number of hydrogen-bond donors (Lipinski definition) is 1. The molecule has 0 saturated carbocycles. The Bertz CT molecular complexity index is 594. The molecule has 0 fully saturated rings. The number of nitrogens with zero attached hydrogens (tertiary/aromatic N) is 3. The molecule has 2 rings (SSSR count). The number of benzene rings is 1. The van der Waals surface area contributed by atoms with Crippen molar-refractivity contribution in [1.29, 1.82) is 0 Å². The minimum Gasteiger partial charge on any atom is -0.480 e. The Morgan fingerprint density at radius 3 is 2.62 bits per heavy atom. The van der Waals surface area contributed by atoms with Crippen LogP contribution in [0.2, 0.25) is 0 Å². The maximum atomic E-state index is 12.6. The van der Waals surface area contributed by atoms with Gasteiger partial charge in [0.2, 0.25) is 0 Å². The van der Waals surface area contributed by atoms with Gasteiger partial charge in [0.05, 0.1) is 17.9 Å². The summed E-state index contributed by atoms with van der Waals surface area (Å²) in [6.07, 6.45) is 5.23. The van der Waals surface area contributed by atoms with Crippen LogP contribution in [0.1, 0.15) is 0 Å². The number of urea groups is 1. The topological polar surface area (TPSA) is 64.1 Å². The first-order chi connectivity index (χ1) is 10.0. The summed E-state index contributed by atoms with van der Waals surface area (Å²) in [5, 5.41) is 8.91. The predicted molar refractivity (Wildman–Crippen MR) is 80.5 cm³/mol. The molecule has 6 nitrogen and oxygen atoms in total. The molecule has 110 valence electrons. The molecular formula is C15H17N3O3. The molecule has 1 aliphatic heterocycles. The van der Waals surface area contributed by atoms with Crippen molar-refractivity contribution in [3.05, 3.63) is 24.3 Å². The van der Waals surface area contributed by atoms with Gasteiger partial charge in [-0.25, -0.2) is 4.79 Å². The summed E-state index contributed by atoms with van der Waals surface area (Å²) in [7, 11) is 1.96. The Morgan fingerprint density at radius 1 is 1.33 bits per heavy atom. The lowest BCUT2D eigenvalue weighted by molar-refractivity contribution is -0.137. The Labute approximate surface area is 123 Å². The predicted octanol–water partition coefficient (Wildman–Crippen LogP) is 1.08. The summed E-state index contributed by atoms with van der Waals surface area (Å²) in [4.78, 5) is 28.2. The molecule has 6 heteroatoms. The Balaban J connectivity index is 2.29. The molecule has 0 bridgehead atoms. The van der Waals surface area contributed by atoms with E-state index in [9.17, 15) is 9.59 Å². The number of terminal acetylenes is 1. The molecule has 0 aliphatic carbocycles. The van der Waals surface area contributed by atoms with E-state index in [0.717, 1.165) is 16.3 Å². The minimum atomic E-state index is -1.08. The van der Waals surface area contributed by atoms with Crippen LogP contribution in [-0.2, 0) is 4.79 Å². The highest BCUT2D eigenvalue weighted by molar-refractivity contribution is 5.98. The van der Waals surface area contributed by atoms with Crippen LogP contribution in [0.15, 0.2) is 24.3 Å². The second-order valence-corrected chi connectivity index (χ2v) is 4.80. The Hall–Kier alpha value is -2.68. The number of carboxylic acid groups (broad SMARTS) is 1. The summed E-state index contributed by atoms with van der Waals surface area (Å²) in [6, 6.07) is 7.14. The monoisotopic (exact) mass is 287 g/mol. The minimum absolute atomic E-state index is 0.0281. The third kappa shape index (κ3) is 3.08. The molecule has 1 aromatic carbocycles. The molecule has 1 aromatic rings. The Kier molecular flexibility index (Phi) is 4.33. The van der Waals surface area contributed by atoms with Gasteiger partial charge in [-0.15, -0.1) is 6.42 Å². The van der Waals surface area contributed by atoms with Gasteiger partial charge in [-0.05, 0) is 12.1 Å². The van der Waals surface area contributed by atoms with Gasteiger partial charge in [-0.2, -0.15) is 0 Å². The van der Waals surface area contributed by atoms with E-state index in [1.54, 1.807) is 4.90 Å². The average molecular weight is 287 g/mol. The highest BCUT2D eigenvalue weighted by atomic mass is 16.4. The lowest BCUT2D eigenvalue weighted by Crippen LogP contribution is -2.50. The van der Waals surface area contributed by atoms with Crippen LogP contribution < -0.4 is 9.80 Å². The first-order valence-electron chi connectivity index (χ1n) is 6.56. The summed E-state index contributed by atoms with van der Waals surface area (Å²) in [5.41, 5.74) is 1.71. The fourth-order valence-corrected chi connectivity index (χ4v) is 2.34. The first kappa shape index (κ1) is 14.7. The van der Waals surface area contributed by atoms with Gasteiger partial charge in [0.25, 0.3) is 0 Å². The van der Waals surface area contributed by atoms with E-state index in [0.29, 0.717) is 13.1 Å². The van der Waals surface area contributed by atoms with E-state index >= 15 is 0 Å². The first-order valence-corrected chi connectivity index (χ1v) is 6.56. The van der Waals surface area contributed by atoms with E-state index in [-0.39, 0.29) is 12.6 Å². The molecule has 0 radical (unpaired) electrons. The van der Waals surface area contributed by atoms with Gasteiger partial charge in [0.15, 0.2) is 0 Å². The smallest absolute Gasteiger partial charge is 0.325 e. The van der Waals surface area contributed by atoms with Gasteiger partial charge in [-0.3, -0.25) is 9.69 Å². The molecule has 2 amide bonds. The van der Waals surface area contributed by atoms with Crippen LogP contribution in [0.4, 0.5) is 16.2 Å².